The van der Waals surface area contributed by atoms with Crippen LogP contribution >= 0.6 is 15.2 Å². The molecule has 0 aliphatic rings. The molecule has 0 radical (unpaired) electrons. The van der Waals surface area contributed by atoms with Crippen molar-refractivity contribution < 1.29 is 28.0 Å². The maximum Gasteiger partial charge on any atom is 0.334 e. The summed E-state index contributed by atoms with van der Waals surface area (Å²) in [4.78, 5) is 23.9. The van der Waals surface area contributed by atoms with Crippen LogP contribution in [0.2, 0.25) is 0 Å². The van der Waals surface area contributed by atoms with Gasteiger partial charge in [-0.15, -0.1) is 0 Å². The van der Waals surface area contributed by atoms with Crippen LogP contribution in [0.3, 0.4) is 0 Å². The summed E-state index contributed by atoms with van der Waals surface area (Å²) in [7, 11) is -7.58. The van der Waals surface area contributed by atoms with Crippen molar-refractivity contribution >= 4 is 15.2 Å². The quantitative estimate of drug-likeness (QED) is 0.596. The van der Waals surface area contributed by atoms with Crippen LogP contribution in [0.25, 0.3) is 0 Å². The maximum absolute atomic E-state index is 12.0. The van der Waals surface area contributed by atoms with Crippen LogP contribution in [0.15, 0.2) is 18.2 Å². The van der Waals surface area contributed by atoms with E-state index in [0.29, 0.717) is 11.4 Å². The molecule has 138 valence electrons. The van der Waals surface area contributed by atoms with E-state index in [1.54, 1.807) is 18.2 Å². The largest absolute Gasteiger partial charge is 0.334 e. The highest BCUT2D eigenvalue weighted by Gasteiger charge is 2.24. The lowest BCUT2D eigenvalue weighted by Gasteiger charge is -2.15. The lowest BCUT2D eigenvalue weighted by Crippen LogP contribution is -2.05. The van der Waals surface area contributed by atoms with Gasteiger partial charge in [0.15, 0.2) is 0 Å². The van der Waals surface area contributed by atoms with Crippen molar-refractivity contribution in [2.24, 2.45) is 11.8 Å². The second-order valence-corrected chi connectivity index (χ2v) is 10.3. The van der Waals surface area contributed by atoms with Crippen LogP contribution in [-0.4, -0.2) is 28.0 Å². The van der Waals surface area contributed by atoms with E-state index >= 15 is 0 Å². The molecule has 0 fully saturated rings. The van der Waals surface area contributed by atoms with E-state index in [4.69, 9.17) is 9.05 Å². The molecule has 1 aromatic heterocycles. The minimum absolute atomic E-state index is 0.142. The first-order valence-electron chi connectivity index (χ1n) is 7.86. The minimum Gasteiger partial charge on any atom is -0.324 e. The van der Waals surface area contributed by atoms with Gasteiger partial charge in [0.1, 0.15) is 0 Å². The van der Waals surface area contributed by atoms with E-state index in [9.17, 15) is 18.9 Å². The van der Waals surface area contributed by atoms with Gasteiger partial charge in [-0.25, -0.2) is 0 Å². The molecule has 0 aliphatic heterocycles. The van der Waals surface area contributed by atoms with Crippen molar-refractivity contribution in [3.8, 4) is 0 Å². The van der Waals surface area contributed by atoms with Crippen molar-refractivity contribution in [1.82, 2.24) is 4.98 Å². The number of aromatic nitrogens is 1. The van der Waals surface area contributed by atoms with E-state index in [1.165, 1.54) is 0 Å². The van der Waals surface area contributed by atoms with Gasteiger partial charge in [-0.05, 0) is 24.0 Å². The molecule has 0 spiro atoms. The zero-order valence-electron chi connectivity index (χ0n) is 14.6. The Morgan fingerprint density at radius 1 is 0.917 bits per heavy atom. The predicted octanol–water partition coefficient (Wildman–Crippen LogP) is 3.80. The van der Waals surface area contributed by atoms with Crippen molar-refractivity contribution in [3.63, 3.8) is 0 Å². The molecule has 1 heterocycles. The summed E-state index contributed by atoms with van der Waals surface area (Å²) < 4.78 is 34.1. The lowest BCUT2D eigenvalue weighted by molar-refractivity contribution is 0.228. The number of pyridine rings is 1. The van der Waals surface area contributed by atoms with Crippen LogP contribution in [0.1, 0.15) is 39.1 Å². The molecule has 7 nitrogen and oxygen atoms in total. The summed E-state index contributed by atoms with van der Waals surface area (Å²) in [6, 6.07) is 4.80. The van der Waals surface area contributed by atoms with Gasteiger partial charge in [0.05, 0.1) is 36.9 Å². The number of hydrogen-bond acceptors (Lipinski definition) is 5. The molecule has 0 bridgehead atoms. The van der Waals surface area contributed by atoms with E-state index < -0.39 is 15.2 Å². The second kappa shape index (κ2) is 9.23. The third-order valence-corrected chi connectivity index (χ3v) is 5.36. The molecule has 1 rings (SSSR count). The summed E-state index contributed by atoms with van der Waals surface area (Å²) in [5.74, 6) is 0.284. The molecule has 0 saturated heterocycles. The Bertz CT molecular complexity index is 570. The van der Waals surface area contributed by atoms with Crippen LogP contribution < -0.4 is 0 Å². The van der Waals surface area contributed by atoms with E-state index in [1.807, 2.05) is 27.7 Å². The third-order valence-electron chi connectivity index (χ3n) is 2.81. The first-order valence-corrected chi connectivity index (χ1v) is 11.4. The fraction of sp³-hybridized carbons (Fsp3) is 0.667. The first-order chi connectivity index (χ1) is 11.0. The van der Waals surface area contributed by atoms with Crippen molar-refractivity contribution in [2.75, 3.05) is 13.2 Å². The minimum atomic E-state index is -3.79. The van der Waals surface area contributed by atoms with Crippen LogP contribution in [-0.2, 0) is 30.5 Å². The summed E-state index contributed by atoms with van der Waals surface area (Å²) in [6.07, 6.45) is -0.480. The highest BCUT2D eigenvalue weighted by Crippen LogP contribution is 2.47. The van der Waals surface area contributed by atoms with Crippen LogP contribution in [0, 0.1) is 11.8 Å². The average molecular weight is 379 g/mol. The number of rotatable bonds is 10. The summed E-state index contributed by atoms with van der Waals surface area (Å²) in [6.45, 7) is 7.90. The van der Waals surface area contributed by atoms with E-state index in [-0.39, 0.29) is 37.4 Å². The van der Waals surface area contributed by atoms with Crippen LogP contribution in [0.5, 0.6) is 0 Å². The Morgan fingerprint density at radius 3 is 1.62 bits per heavy atom. The van der Waals surface area contributed by atoms with Crippen molar-refractivity contribution in [3.05, 3.63) is 29.6 Å². The fourth-order valence-electron chi connectivity index (χ4n) is 1.74. The average Bonchev–Trinajstić information content (AvgIpc) is 2.43. The Hall–Kier alpha value is -0.550. The maximum atomic E-state index is 12.0. The van der Waals surface area contributed by atoms with Gasteiger partial charge < -0.3 is 18.8 Å². The smallest absolute Gasteiger partial charge is 0.324 e. The normalized spacial score (nSPS) is 17.0. The molecule has 2 unspecified atom stereocenters. The Morgan fingerprint density at radius 2 is 1.29 bits per heavy atom. The number of nitrogens with zero attached hydrogens (tertiary/aromatic N) is 1. The van der Waals surface area contributed by atoms with E-state index in [0.717, 1.165) is 0 Å². The molecular formula is C15H27NO6P2. The molecule has 24 heavy (non-hydrogen) atoms. The standard InChI is InChI=1S/C15H27NO6P2/c1-12(2)8-21-23(17,18)10-14-6-5-7-15(16-14)11-24(19,20)22-9-13(3)4/h5-7,12-13H,8-11H2,1-4H3,(H,17,18)(H,19,20). The highest BCUT2D eigenvalue weighted by molar-refractivity contribution is 7.52. The molecule has 2 N–H and O–H groups in total. The molecule has 2 atom stereocenters. The molecule has 0 aliphatic carbocycles. The molecule has 0 aromatic carbocycles. The van der Waals surface area contributed by atoms with Gasteiger partial charge >= 0.3 is 15.2 Å². The van der Waals surface area contributed by atoms with Gasteiger partial charge in [0, 0.05) is 0 Å². The van der Waals surface area contributed by atoms with Gasteiger partial charge in [0.2, 0.25) is 0 Å². The highest BCUT2D eigenvalue weighted by atomic mass is 31.2. The van der Waals surface area contributed by atoms with Gasteiger partial charge in [-0.1, -0.05) is 33.8 Å². The Labute approximate surface area is 143 Å². The zero-order chi connectivity index (χ0) is 18.4. The number of hydrogen-bond donors (Lipinski definition) is 2. The second-order valence-electron chi connectivity index (χ2n) is 6.59. The lowest BCUT2D eigenvalue weighted by atomic mass is 10.2. The monoisotopic (exact) mass is 379 g/mol. The molecule has 0 saturated carbocycles. The topological polar surface area (TPSA) is 106 Å². The first kappa shape index (κ1) is 21.5. The Balaban J connectivity index is 2.73. The summed E-state index contributed by atoms with van der Waals surface area (Å²) >= 11 is 0. The van der Waals surface area contributed by atoms with Crippen molar-refractivity contribution in [1.29, 1.82) is 0 Å². The predicted molar refractivity (Wildman–Crippen MR) is 92.9 cm³/mol. The zero-order valence-corrected chi connectivity index (χ0v) is 16.4. The van der Waals surface area contributed by atoms with Crippen molar-refractivity contribution in [2.45, 2.75) is 40.0 Å². The fourth-order valence-corrected chi connectivity index (χ4v) is 4.15. The third kappa shape index (κ3) is 9.07. The molecule has 9 heteroatoms. The SMILES string of the molecule is CC(C)COP(=O)(O)Cc1cccc(CP(=O)(O)OCC(C)C)n1. The summed E-state index contributed by atoms with van der Waals surface area (Å²) in [5.41, 5.74) is 0.678. The van der Waals surface area contributed by atoms with Gasteiger partial charge in [-0.2, -0.15) is 0 Å². The molecule has 0 amide bonds. The molecular weight excluding hydrogens is 352 g/mol. The Kier molecular flexibility index (Phi) is 8.27. The van der Waals surface area contributed by atoms with Crippen LogP contribution in [0.4, 0.5) is 0 Å². The van der Waals surface area contributed by atoms with Gasteiger partial charge in [-0.3, -0.25) is 14.1 Å². The summed E-state index contributed by atoms with van der Waals surface area (Å²) in [5, 5.41) is 0. The van der Waals surface area contributed by atoms with E-state index in [2.05, 4.69) is 4.98 Å². The van der Waals surface area contributed by atoms with Gasteiger partial charge in [0.25, 0.3) is 0 Å². The molecule has 1 aromatic rings.